The summed E-state index contributed by atoms with van der Waals surface area (Å²) in [5.41, 5.74) is 1.99. The van der Waals surface area contributed by atoms with E-state index in [2.05, 4.69) is 111 Å². The first-order chi connectivity index (χ1) is 19.1. The van der Waals surface area contributed by atoms with Gasteiger partial charge in [0.25, 0.3) is 0 Å². The van der Waals surface area contributed by atoms with Gasteiger partial charge in [0.05, 0.1) is 29.7 Å². The molecule has 212 valence electrons. The van der Waals surface area contributed by atoms with E-state index in [9.17, 15) is 13.0 Å². The monoisotopic (exact) mass is 580 g/mol. The van der Waals surface area contributed by atoms with E-state index in [1.54, 1.807) is 30.3 Å². The maximum absolute atomic E-state index is 10.0. The van der Waals surface area contributed by atoms with Gasteiger partial charge in [-0.15, -0.1) is 0 Å². The zero-order valence-electron chi connectivity index (χ0n) is 23.2. The third kappa shape index (κ3) is 11.4. The van der Waals surface area contributed by atoms with Crippen LogP contribution in [0.2, 0.25) is 0 Å². The molecular weight excluding hydrogens is 544 g/mol. The smallest absolute Gasteiger partial charge is 0.217 e. The van der Waals surface area contributed by atoms with Crippen molar-refractivity contribution in [3.63, 3.8) is 0 Å². The van der Waals surface area contributed by atoms with Crippen molar-refractivity contribution in [2.45, 2.75) is 62.1 Å². The lowest BCUT2D eigenvalue weighted by Gasteiger charge is -2.13. The molecule has 0 saturated carbocycles. The van der Waals surface area contributed by atoms with Gasteiger partial charge in [-0.1, -0.05) is 60.7 Å². The molecule has 40 heavy (non-hydrogen) atoms. The average Bonchev–Trinajstić information content (AvgIpc) is 2.92. The lowest BCUT2D eigenvalue weighted by molar-refractivity contribution is 0.242. The largest absolute Gasteiger partial charge is 0.726 e. The summed E-state index contributed by atoms with van der Waals surface area (Å²) in [5.74, 6) is 2.82. The van der Waals surface area contributed by atoms with Crippen molar-refractivity contribution in [3.05, 3.63) is 120 Å². The zero-order valence-corrected chi connectivity index (χ0v) is 24.9. The van der Waals surface area contributed by atoms with Crippen molar-refractivity contribution >= 4 is 21.3 Å². The van der Waals surface area contributed by atoms with Gasteiger partial charge in [-0.05, 0) is 81.8 Å². The molecule has 0 spiro atoms. The first-order valence-electron chi connectivity index (χ1n) is 13.0. The second-order valence-corrected chi connectivity index (χ2v) is 12.5. The molecule has 0 amide bonds. The topological polar surface area (TPSA) is 84.9 Å². The summed E-state index contributed by atoms with van der Waals surface area (Å²) in [5, 5.41) is 0. The highest BCUT2D eigenvalue weighted by Crippen LogP contribution is 2.30. The van der Waals surface area contributed by atoms with Crippen molar-refractivity contribution in [1.29, 1.82) is 0 Å². The van der Waals surface area contributed by atoms with Crippen molar-refractivity contribution in [1.82, 2.24) is 0 Å². The van der Waals surface area contributed by atoms with Gasteiger partial charge in [0.15, 0.2) is 9.79 Å². The van der Waals surface area contributed by atoms with Gasteiger partial charge in [0.1, 0.15) is 17.3 Å². The molecule has 0 bridgehead atoms. The van der Waals surface area contributed by atoms with Crippen molar-refractivity contribution in [2.24, 2.45) is 0 Å². The average molecular weight is 581 g/mol. The molecule has 0 atom stereocenters. The van der Waals surface area contributed by atoms with Gasteiger partial charge in [-0.3, -0.25) is 4.18 Å². The lowest BCUT2D eigenvalue weighted by Crippen LogP contribution is -2.09. The molecule has 0 fully saturated rings. The molecule has 0 aliphatic carbocycles. The molecule has 0 aliphatic heterocycles. The second-order valence-electron chi connectivity index (χ2n) is 9.45. The minimum absolute atomic E-state index is 0.0552. The molecule has 0 heterocycles. The molecular formula is C32H36O6S2. The molecule has 4 aromatic rings. The second kappa shape index (κ2) is 15.5. The minimum atomic E-state index is -4.57. The maximum atomic E-state index is 10.0. The van der Waals surface area contributed by atoms with E-state index in [1.807, 2.05) is 0 Å². The Morgan fingerprint density at radius 3 is 1.40 bits per heavy atom. The molecule has 0 aliphatic rings. The van der Waals surface area contributed by atoms with E-state index in [4.69, 9.17) is 9.47 Å². The molecule has 0 unspecified atom stereocenters. The Bertz CT molecular complexity index is 1320. The van der Waals surface area contributed by atoms with Gasteiger partial charge in [-0.25, -0.2) is 8.42 Å². The Kier molecular flexibility index (Phi) is 12.1. The van der Waals surface area contributed by atoms with Crippen LogP contribution in [0.3, 0.4) is 0 Å². The first-order valence-corrected chi connectivity index (χ1v) is 15.7. The van der Waals surface area contributed by atoms with Crippen LogP contribution < -0.4 is 9.47 Å². The first kappa shape index (κ1) is 31.2. The molecule has 0 saturated heterocycles. The predicted molar refractivity (Wildman–Crippen MR) is 159 cm³/mol. The Morgan fingerprint density at radius 1 is 0.625 bits per heavy atom. The lowest BCUT2D eigenvalue weighted by atomic mass is 10.2. The SMILES string of the molecule is CC(C)Oc1ccc([S+](Cc2ccccc2)c2ccc(OC(C)C)cc2)cc1.O=S(=O)([O-])OCc1ccccc1. The van der Waals surface area contributed by atoms with E-state index in [-0.39, 0.29) is 29.7 Å². The summed E-state index contributed by atoms with van der Waals surface area (Å²) in [7, 11) is -4.63. The van der Waals surface area contributed by atoms with E-state index in [0.29, 0.717) is 5.56 Å². The van der Waals surface area contributed by atoms with Crippen LogP contribution in [0.25, 0.3) is 0 Å². The van der Waals surface area contributed by atoms with E-state index in [0.717, 1.165) is 17.3 Å². The zero-order chi connectivity index (χ0) is 29.0. The van der Waals surface area contributed by atoms with Crippen LogP contribution in [0.15, 0.2) is 119 Å². The van der Waals surface area contributed by atoms with Crippen LogP contribution in [0.4, 0.5) is 0 Å². The molecule has 8 heteroatoms. The van der Waals surface area contributed by atoms with E-state index in [1.165, 1.54) is 15.4 Å². The third-order valence-electron chi connectivity index (χ3n) is 5.33. The van der Waals surface area contributed by atoms with Crippen LogP contribution in [-0.4, -0.2) is 25.2 Å². The highest BCUT2D eigenvalue weighted by atomic mass is 32.3. The van der Waals surface area contributed by atoms with Crippen molar-refractivity contribution in [3.8, 4) is 11.5 Å². The Morgan fingerprint density at radius 2 is 1.02 bits per heavy atom. The number of ether oxygens (including phenoxy) is 2. The summed E-state index contributed by atoms with van der Waals surface area (Å²) in [4.78, 5) is 2.63. The van der Waals surface area contributed by atoms with Crippen LogP contribution in [0.1, 0.15) is 38.8 Å². The molecule has 6 nitrogen and oxygen atoms in total. The minimum Gasteiger partial charge on any atom is -0.726 e. The highest BCUT2D eigenvalue weighted by Gasteiger charge is 2.26. The summed E-state index contributed by atoms with van der Waals surface area (Å²) < 4.78 is 45.7. The van der Waals surface area contributed by atoms with Gasteiger partial charge in [0.2, 0.25) is 10.4 Å². The molecule has 4 aromatic carbocycles. The fourth-order valence-electron chi connectivity index (χ4n) is 3.67. The predicted octanol–water partition coefficient (Wildman–Crippen LogP) is 7.16. The maximum Gasteiger partial charge on any atom is 0.217 e. The number of rotatable bonds is 11. The Labute approximate surface area is 241 Å². The Balaban J connectivity index is 0.000000307. The quantitative estimate of drug-likeness (QED) is 0.106. The fourth-order valence-corrected chi connectivity index (χ4v) is 6.01. The van der Waals surface area contributed by atoms with Crippen LogP contribution in [0.5, 0.6) is 11.5 Å². The molecule has 0 N–H and O–H groups in total. The van der Waals surface area contributed by atoms with Crippen LogP contribution >= 0.6 is 0 Å². The van der Waals surface area contributed by atoms with Crippen molar-refractivity contribution < 1.29 is 26.6 Å². The van der Waals surface area contributed by atoms with Gasteiger partial charge < -0.3 is 14.0 Å². The fraction of sp³-hybridized carbons (Fsp3) is 0.250. The highest BCUT2D eigenvalue weighted by molar-refractivity contribution is 7.96. The normalized spacial score (nSPS) is 11.3. The van der Waals surface area contributed by atoms with Crippen LogP contribution in [0, 0.1) is 0 Å². The van der Waals surface area contributed by atoms with E-state index >= 15 is 0 Å². The van der Waals surface area contributed by atoms with Gasteiger partial charge >= 0.3 is 0 Å². The summed E-state index contributed by atoms with van der Waals surface area (Å²) >= 11 is 0. The summed E-state index contributed by atoms with van der Waals surface area (Å²) in [6, 6.07) is 36.4. The van der Waals surface area contributed by atoms with Crippen LogP contribution in [-0.2, 0) is 37.8 Å². The van der Waals surface area contributed by atoms with Gasteiger partial charge in [0, 0.05) is 5.56 Å². The number of benzene rings is 4. The number of hydrogen-bond acceptors (Lipinski definition) is 6. The van der Waals surface area contributed by atoms with E-state index < -0.39 is 10.4 Å². The summed E-state index contributed by atoms with van der Waals surface area (Å²) in [6.45, 7) is 8.00. The Hall–Kier alpha value is -3.30. The molecule has 0 aromatic heterocycles. The third-order valence-corrected chi connectivity index (χ3v) is 8.04. The van der Waals surface area contributed by atoms with Crippen molar-refractivity contribution in [2.75, 3.05) is 0 Å². The molecule has 0 radical (unpaired) electrons. The summed E-state index contributed by atoms with van der Waals surface area (Å²) in [6.07, 6.45) is 0.365. The standard InChI is InChI=1S/C25H29O2S.C7H8O4S/c1-19(2)26-22-10-14-24(15-11-22)28(18-21-8-6-5-7-9-21)25-16-12-23(13-17-25)27-20(3)4;8-12(9,10)11-6-7-4-2-1-3-5-7/h5-17,19-20H,18H2,1-4H3;1-5H,6H2,(H,8,9,10)/q+1;/p-1. The number of hydrogen-bond donors (Lipinski definition) is 0. The van der Waals surface area contributed by atoms with Gasteiger partial charge in [-0.2, -0.15) is 0 Å². The molecule has 4 rings (SSSR count).